The molecular formula is C13H16O3. The number of allylic oxidation sites excluding steroid dienone is 1. The molecule has 1 aromatic rings. The third-order valence-electron chi connectivity index (χ3n) is 2.09. The molecule has 0 saturated heterocycles. The fourth-order valence-corrected chi connectivity index (χ4v) is 1.40. The third kappa shape index (κ3) is 2.86. The van der Waals surface area contributed by atoms with Crippen molar-refractivity contribution in [2.75, 3.05) is 14.2 Å². The van der Waals surface area contributed by atoms with Crippen molar-refractivity contribution in [2.45, 2.75) is 13.8 Å². The molecule has 0 aliphatic rings. The van der Waals surface area contributed by atoms with Crippen molar-refractivity contribution in [3.63, 3.8) is 0 Å². The second kappa shape index (κ2) is 5.35. The Hall–Kier alpha value is -1.77. The van der Waals surface area contributed by atoms with Gasteiger partial charge in [0.1, 0.15) is 5.75 Å². The number of carbonyl (C=O) groups is 1. The minimum Gasteiger partial charge on any atom is -0.496 e. The van der Waals surface area contributed by atoms with Crippen LogP contribution in [0.15, 0.2) is 23.8 Å². The summed E-state index contributed by atoms with van der Waals surface area (Å²) in [5, 5.41) is 0. The largest absolute Gasteiger partial charge is 0.496 e. The number of carbonyl (C=O) groups excluding carboxylic acids is 1. The summed E-state index contributed by atoms with van der Waals surface area (Å²) in [4.78, 5) is 11.4. The summed E-state index contributed by atoms with van der Waals surface area (Å²) in [5.41, 5.74) is 2.54. The average molecular weight is 220 g/mol. The fraction of sp³-hybridized carbons (Fsp3) is 0.308. The molecule has 0 saturated carbocycles. The Balaban J connectivity index is 3.21. The van der Waals surface area contributed by atoms with Gasteiger partial charge < -0.3 is 9.47 Å². The van der Waals surface area contributed by atoms with E-state index in [1.807, 2.05) is 19.9 Å². The Bertz CT molecular complexity index is 415. The van der Waals surface area contributed by atoms with E-state index in [2.05, 4.69) is 4.74 Å². The Morgan fingerprint density at radius 3 is 2.44 bits per heavy atom. The SMILES string of the molecule is COC(=O)c1ccc(OC)c(C=C(C)C)c1. The van der Waals surface area contributed by atoms with Crippen LogP contribution in [0.2, 0.25) is 0 Å². The van der Waals surface area contributed by atoms with Crippen LogP contribution in [0.4, 0.5) is 0 Å². The molecule has 86 valence electrons. The van der Waals surface area contributed by atoms with Gasteiger partial charge in [-0.3, -0.25) is 0 Å². The van der Waals surface area contributed by atoms with E-state index in [-0.39, 0.29) is 5.97 Å². The first-order valence-electron chi connectivity index (χ1n) is 4.99. The molecule has 16 heavy (non-hydrogen) atoms. The van der Waals surface area contributed by atoms with Gasteiger partial charge in [-0.05, 0) is 32.0 Å². The predicted molar refractivity (Wildman–Crippen MR) is 63.7 cm³/mol. The first-order valence-corrected chi connectivity index (χ1v) is 4.99. The van der Waals surface area contributed by atoms with Crippen LogP contribution in [0, 0.1) is 0 Å². The first-order chi connectivity index (χ1) is 7.58. The molecule has 1 aromatic carbocycles. The molecule has 0 aliphatic heterocycles. The van der Waals surface area contributed by atoms with E-state index < -0.39 is 0 Å². The molecule has 1 rings (SSSR count). The maximum atomic E-state index is 11.4. The summed E-state index contributed by atoms with van der Waals surface area (Å²) in [6.07, 6.45) is 1.96. The molecule has 3 heteroatoms. The van der Waals surface area contributed by atoms with Crippen molar-refractivity contribution < 1.29 is 14.3 Å². The Morgan fingerprint density at radius 1 is 1.25 bits per heavy atom. The quantitative estimate of drug-likeness (QED) is 0.735. The van der Waals surface area contributed by atoms with Gasteiger partial charge >= 0.3 is 5.97 Å². The summed E-state index contributed by atoms with van der Waals surface area (Å²) < 4.78 is 9.89. The van der Waals surface area contributed by atoms with E-state index in [4.69, 9.17) is 4.74 Å². The number of esters is 1. The van der Waals surface area contributed by atoms with Crippen molar-refractivity contribution in [2.24, 2.45) is 0 Å². The number of ether oxygens (including phenoxy) is 2. The van der Waals surface area contributed by atoms with Crippen LogP contribution in [-0.2, 0) is 4.74 Å². The standard InChI is InChI=1S/C13H16O3/c1-9(2)7-11-8-10(13(14)16-4)5-6-12(11)15-3/h5-8H,1-4H3. The van der Waals surface area contributed by atoms with Crippen molar-refractivity contribution in [1.82, 2.24) is 0 Å². The minimum absolute atomic E-state index is 0.342. The van der Waals surface area contributed by atoms with Gasteiger partial charge in [-0.15, -0.1) is 0 Å². The number of methoxy groups -OCH3 is 2. The lowest BCUT2D eigenvalue weighted by Crippen LogP contribution is -2.01. The van der Waals surface area contributed by atoms with Crippen molar-refractivity contribution in [3.05, 3.63) is 34.9 Å². The molecule has 0 radical (unpaired) electrons. The fourth-order valence-electron chi connectivity index (χ4n) is 1.40. The topological polar surface area (TPSA) is 35.5 Å². The number of hydrogen-bond acceptors (Lipinski definition) is 3. The van der Waals surface area contributed by atoms with Gasteiger partial charge in [0, 0.05) is 5.56 Å². The van der Waals surface area contributed by atoms with Crippen LogP contribution in [0.25, 0.3) is 6.08 Å². The van der Waals surface area contributed by atoms with E-state index in [9.17, 15) is 4.79 Å². The van der Waals surface area contributed by atoms with Crippen molar-refractivity contribution in [1.29, 1.82) is 0 Å². The summed E-state index contributed by atoms with van der Waals surface area (Å²) in [6, 6.07) is 5.21. The van der Waals surface area contributed by atoms with Crippen molar-refractivity contribution in [3.8, 4) is 5.75 Å². The van der Waals surface area contributed by atoms with Gasteiger partial charge in [-0.25, -0.2) is 4.79 Å². The molecule has 0 aliphatic carbocycles. The van der Waals surface area contributed by atoms with Gasteiger partial charge in [0.25, 0.3) is 0 Å². The zero-order chi connectivity index (χ0) is 12.1. The molecule has 0 atom stereocenters. The van der Waals surface area contributed by atoms with Crippen LogP contribution < -0.4 is 4.74 Å². The highest BCUT2D eigenvalue weighted by atomic mass is 16.5. The Labute approximate surface area is 95.7 Å². The van der Waals surface area contributed by atoms with E-state index in [1.54, 1.807) is 25.3 Å². The molecule has 0 spiro atoms. The minimum atomic E-state index is -0.342. The van der Waals surface area contributed by atoms with Gasteiger partial charge in [-0.1, -0.05) is 11.6 Å². The van der Waals surface area contributed by atoms with Gasteiger partial charge in [0.2, 0.25) is 0 Å². The van der Waals surface area contributed by atoms with Crippen LogP contribution in [0.1, 0.15) is 29.8 Å². The maximum Gasteiger partial charge on any atom is 0.337 e. The summed E-state index contributed by atoms with van der Waals surface area (Å²) in [6.45, 7) is 3.98. The highest BCUT2D eigenvalue weighted by molar-refractivity contribution is 5.90. The van der Waals surface area contributed by atoms with E-state index >= 15 is 0 Å². The van der Waals surface area contributed by atoms with Crippen LogP contribution >= 0.6 is 0 Å². The Morgan fingerprint density at radius 2 is 1.94 bits per heavy atom. The summed E-state index contributed by atoms with van der Waals surface area (Å²) in [5.74, 6) is 0.403. The molecule has 0 N–H and O–H groups in total. The zero-order valence-corrected chi connectivity index (χ0v) is 10.0. The second-order valence-corrected chi connectivity index (χ2v) is 3.67. The molecule has 0 unspecified atom stereocenters. The molecule has 0 fully saturated rings. The maximum absolute atomic E-state index is 11.4. The van der Waals surface area contributed by atoms with Crippen LogP contribution in [0.3, 0.4) is 0 Å². The lowest BCUT2D eigenvalue weighted by atomic mass is 10.1. The van der Waals surface area contributed by atoms with E-state index in [0.29, 0.717) is 5.56 Å². The summed E-state index contributed by atoms with van der Waals surface area (Å²) in [7, 11) is 2.97. The lowest BCUT2D eigenvalue weighted by molar-refractivity contribution is 0.0600. The average Bonchev–Trinajstić information content (AvgIpc) is 2.27. The predicted octanol–water partition coefficient (Wildman–Crippen LogP) is 2.91. The van der Waals surface area contributed by atoms with Gasteiger partial charge in [0.15, 0.2) is 0 Å². The Kier molecular flexibility index (Phi) is 4.11. The third-order valence-corrected chi connectivity index (χ3v) is 2.09. The number of benzene rings is 1. The first kappa shape index (κ1) is 12.3. The number of rotatable bonds is 3. The van der Waals surface area contributed by atoms with E-state index in [1.165, 1.54) is 7.11 Å². The van der Waals surface area contributed by atoms with Gasteiger partial charge in [-0.2, -0.15) is 0 Å². The molecular weight excluding hydrogens is 204 g/mol. The zero-order valence-electron chi connectivity index (χ0n) is 10.0. The van der Waals surface area contributed by atoms with Gasteiger partial charge in [0.05, 0.1) is 19.8 Å². The van der Waals surface area contributed by atoms with Crippen molar-refractivity contribution >= 4 is 12.0 Å². The monoisotopic (exact) mass is 220 g/mol. The van der Waals surface area contributed by atoms with E-state index in [0.717, 1.165) is 16.9 Å². The lowest BCUT2D eigenvalue weighted by Gasteiger charge is -2.07. The smallest absolute Gasteiger partial charge is 0.337 e. The highest BCUT2D eigenvalue weighted by Gasteiger charge is 2.08. The molecule has 0 heterocycles. The molecule has 0 amide bonds. The molecule has 0 aromatic heterocycles. The van der Waals surface area contributed by atoms with Crippen LogP contribution in [0.5, 0.6) is 5.75 Å². The summed E-state index contributed by atoms with van der Waals surface area (Å²) >= 11 is 0. The molecule has 3 nitrogen and oxygen atoms in total. The molecule has 0 bridgehead atoms. The number of hydrogen-bond donors (Lipinski definition) is 0. The highest BCUT2D eigenvalue weighted by Crippen LogP contribution is 2.22. The normalized spacial score (nSPS) is 9.50. The van der Waals surface area contributed by atoms with Crippen LogP contribution in [-0.4, -0.2) is 20.2 Å². The second-order valence-electron chi connectivity index (χ2n) is 3.67.